The van der Waals surface area contributed by atoms with Gasteiger partial charge in [0, 0.05) is 24.2 Å². The van der Waals surface area contributed by atoms with Crippen molar-refractivity contribution in [3.63, 3.8) is 0 Å². The maximum Gasteiger partial charge on any atom is 0.397 e. The minimum absolute atomic E-state index is 0.0436. The Hall–Kier alpha value is -1.09. The van der Waals surface area contributed by atoms with Crippen LogP contribution in [0.4, 0.5) is 0 Å². The van der Waals surface area contributed by atoms with Gasteiger partial charge >= 0.3 is 10.4 Å². The topological polar surface area (TPSA) is 220 Å². The summed E-state index contributed by atoms with van der Waals surface area (Å²) < 4.78 is 76.1. The van der Waals surface area contributed by atoms with Gasteiger partial charge < -0.3 is 54.0 Å². The minimum Gasteiger partial charge on any atom is -0.393 e. The molecule has 6 N–H and O–H groups in total. The first-order valence-electron chi connectivity index (χ1n) is 20.1. The van der Waals surface area contributed by atoms with Gasteiger partial charge in [-0.3, -0.25) is 4.55 Å². The van der Waals surface area contributed by atoms with Gasteiger partial charge in [-0.25, -0.2) is 4.18 Å². The van der Waals surface area contributed by atoms with Crippen LogP contribution < -0.4 is 0 Å². The summed E-state index contributed by atoms with van der Waals surface area (Å²) in [7, 11) is -5.05. The molecule has 0 unspecified atom stereocenters. The number of ether oxygens (including phenoxy) is 6. The van der Waals surface area contributed by atoms with Crippen LogP contribution in [0.2, 0.25) is 0 Å². The number of aliphatic hydroxyl groups excluding tert-OH is 5. The Morgan fingerprint density at radius 3 is 2.29 bits per heavy atom. The Kier molecular flexibility index (Phi) is 10.6. The van der Waals surface area contributed by atoms with Gasteiger partial charge in [0.2, 0.25) is 0 Å². The Morgan fingerprint density at radius 1 is 0.873 bits per heavy atom. The van der Waals surface area contributed by atoms with Crippen molar-refractivity contribution in [2.45, 2.75) is 171 Å². The zero-order chi connectivity index (χ0) is 39.6. The fraction of sp³-hybridized carbons (Fsp3) is 0.897. The van der Waals surface area contributed by atoms with Gasteiger partial charge in [-0.05, 0) is 81.5 Å². The number of aliphatic hydroxyl groups is 5. The van der Waals surface area contributed by atoms with Gasteiger partial charge in [-0.1, -0.05) is 44.6 Å². The van der Waals surface area contributed by atoms with Crippen LogP contribution in [0.1, 0.15) is 86.0 Å². The standard InChI is InChI=1S/C39H60O15S/c1-17-9-12-39(48-16-17)18(2)28-26(53-39)15-25-23-8-7-21-13-22(40)14-27(38(21,6)24(23)10-11-37(25,28)5)51-36-34(32(44)33(20(4)50-36)54-55(45,46)47)52-35-31(43)30(42)29(41)19(3)49-35/h7,18-20,22-36,40-44H,1,8-16H2,2-6H3,(H,45,46,47)/t18-,19-,20+,22+,23+,24-,25-,26-,27+,28-,29-,30+,31+,32-,33-,34+,35-,36-,37-,38-,39+/m0/s1. The summed E-state index contributed by atoms with van der Waals surface area (Å²) in [5, 5.41) is 54.5. The average Bonchev–Trinajstić information content (AvgIpc) is 3.56. The molecule has 55 heavy (non-hydrogen) atoms. The molecule has 7 fully saturated rings. The number of hydrogen-bond acceptors (Lipinski definition) is 14. The first-order valence-corrected chi connectivity index (χ1v) is 21.5. The Labute approximate surface area is 323 Å². The average molecular weight is 801 g/mol. The molecule has 0 aromatic rings. The third-order valence-corrected chi connectivity index (χ3v) is 16.0. The highest BCUT2D eigenvalue weighted by Crippen LogP contribution is 2.71. The zero-order valence-electron chi connectivity index (χ0n) is 32.3. The summed E-state index contributed by atoms with van der Waals surface area (Å²) in [5.41, 5.74) is 1.70. The molecule has 3 saturated carbocycles. The van der Waals surface area contributed by atoms with Gasteiger partial charge in [0.15, 0.2) is 18.4 Å². The summed E-state index contributed by atoms with van der Waals surface area (Å²) in [5.74, 6) is 0.920. The molecule has 0 aromatic heterocycles. The van der Waals surface area contributed by atoms with Crippen LogP contribution in [-0.4, -0.2) is 131 Å². The minimum atomic E-state index is -5.05. The van der Waals surface area contributed by atoms with Crippen LogP contribution in [0.15, 0.2) is 23.8 Å². The smallest absolute Gasteiger partial charge is 0.393 e. The SMILES string of the molecule is C=C1CC[C@@]2(OC1)O[C@H]1C[C@H]3[C@@H]4CC=C5C[C@@H](O)C[C@@H](O[C@@H]6O[C@H](C)[C@H](OS(=O)(=O)O)[C@H](O)[C@H]6O[C@@H]6O[C@@H](C)[C@H](O)[C@@H](O)[C@H]6O)[C@]5(C)[C@H]4CC[C@]3(C)[C@H]1[C@@H]2C. The van der Waals surface area contributed by atoms with Crippen LogP contribution in [0.3, 0.4) is 0 Å². The predicted octanol–water partition coefficient (Wildman–Crippen LogP) is 2.14. The highest BCUT2D eigenvalue weighted by Gasteiger charge is 2.69. The monoisotopic (exact) mass is 800 g/mol. The lowest BCUT2D eigenvalue weighted by Crippen LogP contribution is -2.65. The molecular formula is C39H60O15S. The number of rotatable bonds is 6. The molecule has 1 spiro atoms. The number of hydrogen-bond donors (Lipinski definition) is 6. The molecule has 4 aliphatic heterocycles. The Bertz CT molecular complexity index is 1610. The van der Waals surface area contributed by atoms with Crippen LogP contribution in [0, 0.1) is 40.4 Å². The highest BCUT2D eigenvalue weighted by atomic mass is 32.3. The highest BCUT2D eigenvalue weighted by molar-refractivity contribution is 7.80. The van der Waals surface area contributed by atoms with Crippen LogP contribution in [0.5, 0.6) is 0 Å². The second kappa shape index (κ2) is 14.3. The van der Waals surface area contributed by atoms with E-state index in [0.717, 1.165) is 49.7 Å². The molecule has 0 aromatic carbocycles. The zero-order valence-corrected chi connectivity index (χ0v) is 33.1. The van der Waals surface area contributed by atoms with Gasteiger partial charge in [0.1, 0.15) is 36.6 Å². The van der Waals surface area contributed by atoms with E-state index < -0.39 is 95.2 Å². The summed E-state index contributed by atoms with van der Waals surface area (Å²) in [6.07, 6.45) is -7.70. The maximum absolute atomic E-state index is 11.8. The predicted molar refractivity (Wildman–Crippen MR) is 192 cm³/mol. The molecule has 4 aliphatic carbocycles. The van der Waals surface area contributed by atoms with Crippen molar-refractivity contribution in [2.24, 2.45) is 40.4 Å². The van der Waals surface area contributed by atoms with Gasteiger partial charge in [-0.15, -0.1) is 0 Å². The molecule has 0 amide bonds. The lowest BCUT2D eigenvalue weighted by molar-refractivity contribution is -0.370. The summed E-state index contributed by atoms with van der Waals surface area (Å²) >= 11 is 0. The molecular weight excluding hydrogens is 740 g/mol. The first kappa shape index (κ1) is 40.7. The molecule has 15 nitrogen and oxygen atoms in total. The molecule has 0 radical (unpaired) electrons. The van der Waals surface area contributed by atoms with Crippen molar-refractivity contribution in [3.8, 4) is 0 Å². The third kappa shape index (κ3) is 6.62. The van der Waals surface area contributed by atoms with Crippen molar-refractivity contribution in [2.75, 3.05) is 6.61 Å². The van der Waals surface area contributed by atoms with Gasteiger partial charge in [-0.2, -0.15) is 8.42 Å². The summed E-state index contributed by atoms with van der Waals surface area (Å²) in [6.45, 7) is 14.5. The summed E-state index contributed by atoms with van der Waals surface area (Å²) in [6, 6.07) is 0. The second-order valence-corrected chi connectivity index (χ2v) is 19.5. The maximum atomic E-state index is 11.8. The van der Waals surface area contributed by atoms with Crippen molar-refractivity contribution < 1.29 is 71.1 Å². The van der Waals surface area contributed by atoms with Crippen molar-refractivity contribution >= 4 is 10.4 Å². The van der Waals surface area contributed by atoms with E-state index in [1.54, 1.807) is 0 Å². The lowest BCUT2D eigenvalue weighted by atomic mass is 9.46. The van der Waals surface area contributed by atoms with Crippen molar-refractivity contribution in [1.82, 2.24) is 0 Å². The second-order valence-electron chi connectivity index (χ2n) is 18.4. The first-order chi connectivity index (χ1) is 25.8. The molecule has 4 heterocycles. The van der Waals surface area contributed by atoms with E-state index in [0.29, 0.717) is 30.8 Å². The van der Waals surface area contributed by atoms with E-state index in [9.17, 15) is 38.5 Å². The van der Waals surface area contributed by atoms with E-state index in [4.69, 9.17) is 32.6 Å². The van der Waals surface area contributed by atoms with Crippen LogP contribution in [0.25, 0.3) is 0 Å². The molecule has 312 valence electrons. The Balaban J connectivity index is 1.07. The summed E-state index contributed by atoms with van der Waals surface area (Å²) in [4.78, 5) is 0. The largest absolute Gasteiger partial charge is 0.397 e. The number of allylic oxidation sites excluding steroid dienone is 1. The lowest BCUT2D eigenvalue weighted by Gasteiger charge is -2.60. The van der Waals surface area contributed by atoms with E-state index >= 15 is 0 Å². The van der Waals surface area contributed by atoms with Crippen LogP contribution >= 0.6 is 0 Å². The number of fused-ring (bicyclic) bond motifs is 7. The molecule has 4 saturated heterocycles. The van der Waals surface area contributed by atoms with E-state index in [-0.39, 0.29) is 29.8 Å². The van der Waals surface area contributed by atoms with E-state index in [1.165, 1.54) is 13.8 Å². The van der Waals surface area contributed by atoms with E-state index in [2.05, 4.69) is 33.4 Å². The molecule has 21 atom stereocenters. The fourth-order valence-corrected chi connectivity index (χ4v) is 13.2. The van der Waals surface area contributed by atoms with E-state index in [1.807, 2.05) is 0 Å². The molecule has 0 bridgehead atoms. The van der Waals surface area contributed by atoms with Crippen molar-refractivity contribution in [3.05, 3.63) is 23.8 Å². The normalized spacial score (nSPS) is 55.3. The fourth-order valence-electron chi connectivity index (χ4n) is 12.7. The quantitative estimate of drug-likeness (QED) is 0.168. The molecule has 16 heteroatoms. The van der Waals surface area contributed by atoms with Crippen LogP contribution in [-0.2, 0) is 43.0 Å². The van der Waals surface area contributed by atoms with Gasteiger partial charge in [0.05, 0.1) is 37.1 Å². The molecule has 8 aliphatic rings. The van der Waals surface area contributed by atoms with Crippen molar-refractivity contribution in [1.29, 1.82) is 0 Å². The third-order valence-electron chi connectivity index (χ3n) is 15.5. The Morgan fingerprint density at radius 2 is 1.60 bits per heavy atom. The van der Waals surface area contributed by atoms with Gasteiger partial charge in [0.25, 0.3) is 0 Å². The molecule has 8 rings (SSSR count).